The van der Waals surface area contributed by atoms with E-state index in [0.29, 0.717) is 19.7 Å². The minimum atomic E-state index is -0.263. The van der Waals surface area contributed by atoms with Crippen LogP contribution in [0.3, 0.4) is 0 Å². The summed E-state index contributed by atoms with van der Waals surface area (Å²) >= 11 is 2.24. The van der Waals surface area contributed by atoms with Gasteiger partial charge in [0.2, 0.25) is 0 Å². The standard InChI is InChI=1S/C32H40IO5P/c1-31(2,20-32(3,4)30(34-5)35-6)21-37-24-14-12-23(13-15-24)29-26-17-16-25(38-39-33)18-28(26)36-19-27(29)22-10-8-7-9-11-22/h7-18,27,29-30,39H,19-21H2,1-6H3/t27-,29-/m1/s1. The third-order valence-electron chi connectivity index (χ3n) is 7.39. The predicted octanol–water partition coefficient (Wildman–Crippen LogP) is 8.76. The highest BCUT2D eigenvalue weighted by atomic mass is 127. The van der Waals surface area contributed by atoms with Gasteiger partial charge in [0.15, 0.2) is 6.29 Å². The number of rotatable bonds is 12. The lowest BCUT2D eigenvalue weighted by Gasteiger charge is -2.38. The topological polar surface area (TPSA) is 46.2 Å². The van der Waals surface area contributed by atoms with Gasteiger partial charge < -0.3 is 23.5 Å². The Balaban J connectivity index is 1.54. The first kappa shape index (κ1) is 30.1. The van der Waals surface area contributed by atoms with Gasteiger partial charge in [-0.3, -0.25) is 0 Å². The third-order valence-corrected chi connectivity index (χ3v) is 8.37. The van der Waals surface area contributed by atoms with Crippen LogP contribution >= 0.6 is 28.5 Å². The molecule has 0 saturated carbocycles. The molecule has 0 saturated heterocycles. The van der Waals surface area contributed by atoms with Gasteiger partial charge in [-0.05, 0) is 63.2 Å². The van der Waals surface area contributed by atoms with Crippen molar-refractivity contribution in [1.29, 1.82) is 0 Å². The van der Waals surface area contributed by atoms with Crippen LogP contribution in [0, 0.1) is 10.8 Å². The Labute approximate surface area is 248 Å². The van der Waals surface area contributed by atoms with Gasteiger partial charge in [0, 0.05) is 43.1 Å². The van der Waals surface area contributed by atoms with Crippen LogP contribution in [0.4, 0.5) is 0 Å². The first-order valence-corrected chi connectivity index (χ1v) is 17.3. The molecule has 0 amide bonds. The predicted molar refractivity (Wildman–Crippen MR) is 168 cm³/mol. The van der Waals surface area contributed by atoms with Crippen molar-refractivity contribution in [3.63, 3.8) is 0 Å². The molecule has 0 bridgehead atoms. The highest BCUT2D eigenvalue weighted by molar-refractivity contribution is 14.2. The third kappa shape index (κ3) is 7.46. The first-order valence-electron chi connectivity index (χ1n) is 13.3. The second-order valence-corrected chi connectivity index (χ2v) is 13.4. The molecule has 210 valence electrons. The summed E-state index contributed by atoms with van der Waals surface area (Å²) < 4.78 is 29.4. The summed E-state index contributed by atoms with van der Waals surface area (Å²) in [6.45, 7) is 10.4. The fourth-order valence-electron chi connectivity index (χ4n) is 6.05. The molecule has 1 unspecified atom stereocenters. The summed E-state index contributed by atoms with van der Waals surface area (Å²) in [4.78, 5) is 0. The van der Waals surface area contributed by atoms with Crippen LogP contribution in [-0.4, -0.2) is 33.7 Å². The van der Waals surface area contributed by atoms with Gasteiger partial charge in [-0.2, -0.15) is 0 Å². The molecule has 3 aromatic rings. The fraction of sp³-hybridized carbons (Fsp3) is 0.438. The van der Waals surface area contributed by atoms with Crippen molar-refractivity contribution in [3.05, 3.63) is 89.5 Å². The van der Waals surface area contributed by atoms with Crippen LogP contribution < -0.4 is 14.0 Å². The number of benzene rings is 3. The van der Waals surface area contributed by atoms with E-state index in [1.165, 1.54) is 16.7 Å². The van der Waals surface area contributed by atoms with Crippen molar-refractivity contribution in [2.45, 2.75) is 52.2 Å². The van der Waals surface area contributed by atoms with E-state index in [2.05, 4.69) is 110 Å². The van der Waals surface area contributed by atoms with Crippen LogP contribution in [0.1, 0.15) is 62.6 Å². The van der Waals surface area contributed by atoms with Gasteiger partial charge in [0.05, 0.1) is 13.2 Å². The molecule has 0 aliphatic carbocycles. The Morgan fingerprint density at radius 2 is 1.56 bits per heavy atom. The van der Waals surface area contributed by atoms with Crippen LogP contribution in [0.5, 0.6) is 17.2 Å². The maximum Gasteiger partial charge on any atom is 0.161 e. The first-order chi connectivity index (χ1) is 18.7. The number of fused-ring (bicyclic) bond motifs is 1. The highest BCUT2D eigenvalue weighted by Gasteiger charge is 2.37. The zero-order chi connectivity index (χ0) is 28.0. The largest absolute Gasteiger partial charge is 0.493 e. The molecular weight excluding hydrogens is 622 g/mol. The van der Waals surface area contributed by atoms with Crippen LogP contribution in [0.25, 0.3) is 0 Å². The molecule has 1 aliphatic heterocycles. The Hall–Kier alpha value is -1.86. The maximum absolute atomic E-state index is 6.31. The Bertz CT molecular complexity index is 1190. The van der Waals surface area contributed by atoms with Crippen LogP contribution in [0.15, 0.2) is 72.8 Å². The average molecular weight is 663 g/mol. The van der Waals surface area contributed by atoms with Gasteiger partial charge >= 0.3 is 0 Å². The van der Waals surface area contributed by atoms with E-state index in [4.69, 9.17) is 23.5 Å². The fourth-order valence-corrected chi connectivity index (χ4v) is 7.03. The number of hydrogen-bond acceptors (Lipinski definition) is 5. The Kier molecular flexibility index (Phi) is 10.2. The molecule has 0 radical (unpaired) electrons. The molecule has 3 atom stereocenters. The van der Waals surface area contributed by atoms with Crippen molar-refractivity contribution in [1.82, 2.24) is 0 Å². The van der Waals surface area contributed by atoms with Gasteiger partial charge in [0.25, 0.3) is 0 Å². The summed E-state index contributed by atoms with van der Waals surface area (Å²) in [5.41, 5.74) is 3.49. The van der Waals surface area contributed by atoms with E-state index in [1.54, 1.807) is 14.2 Å². The summed E-state index contributed by atoms with van der Waals surface area (Å²) in [5, 5.41) is 0. The molecule has 1 heterocycles. The molecular formula is C32H40IO5P. The Morgan fingerprint density at radius 3 is 2.21 bits per heavy atom. The maximum atomic E-state index is 6.31. The van der Waals surface area contributed by atoms with Gasteiger partial charge in [-0.15, -0.1) is 0 Å². The van der Waals surface area contributed by atoms with Crippen molar-refractivity contribution < 1.29 is 23.5 Å². The van der Waals surface area contributed by atoms with Gasteiger partial charge in [-0.25, -0.2) is 0 Å². The molecule has 3 aromatic carbocycles. The second-order valence-electron chi connectivity index (χ2n) is 11.7. The van der Waals surface area contributed by atoms with E-state index < -0.39 is 0 Å². The quantitative estimate of drug-likeness (QED) is 0.110. The summed E-state index contributed by atoms with van der Waals surface area (Å²) in [6, 6.07) is 25.5. The normalized spacial score (nSPS) is 17.7. The second kappa shape index (κ2) is 13.2. The number of hydrogen-bond donors (Lipinski definition) is 0. The zero-order valence-electron chi connectivity index (χ0n) is 23.7. The molecule has 0 aromatic heterocycles. The SMILES string of the molecule is COC(OC)C(C)(C)CC(C)(C)COc1ccc([C@@H]2c3ccc(OPI)cc3OC[C@@H]2c2ccccc2)cc1. The van der Waals surface area contributed by atoms with Crippen molar-refractivity contribution in [2.24, 2.45) is 10.8 Å². The summed E-state index contributed by atoms with van der Waals surface area (Å²) in [6.07, 6.45) is 0.631. The molecule has 0 spiro atoms. The van der Waals surface area contributed by atoms with Gasteiger partial charge in [0.1, 0.15) is 23.7 Å². The molecule has 39 heavy (non-hydrogen) atoms. The molecule has 1 aliphatic rings. The molecule has 5 nitrogen and oxygen atoms in total. The number of methoxy groups -OCH3 is 2. The smallest absolute Gasteiger partial charge is 0.161 e. The Morgan fingerprint density at radius 1 is 0.897 bits per heavy atom. The highest BCUT2D eigenvalue weighted by Crippen LogP contribution is 2.48. The van der Waals surface area contributed by atoms with E-state index in [0.717, 1.165) is 23.7 Å². The lowest BCUT2D eigenvalue weighted by Crippen LogP contribution is -2.38. The minimum absolute atomic E-state index is 0.0617. The monoisotopic (exact) mass is 662 g/mol. The van der Waals surface area contributed by atoms with Crippen molar-refractivity contribution >= 4 is 28.5 Å². The average Bonchev–Trinajstić information content (AvgIpc) is 2.92. The van der Waals surface area contributed by atoms with E-state index in [1.807, 2.05) is 12.1 Å². The van der Waals surface area contributed by atoms with E-state index in [-0.39, 0.29) is 29.0 Å². The molecule has 0 N–H and O–H groups in total. The summed E-state index contributed by atoms with van der Waals surface area (Å²) in [5.74, 6) is 2.98. The van der Waals surface area contributed by atoms with Gasteiger partial charge in [-0.1, -0.05) is 76.2 Å². The molecule has 4 rings (SSSR count). The lowest BCUT2D eigenvalue weighted by molar-refractivity contribution is -0.177. The van der Waals surface area contributed by atoms with Crippen LogP contribution in [0.2, 0.25) is 0 Å². The van der Waals surface area contributed by atoms with Crippen LogP contribution in [-0.2, 0) is 9.47 Å². The van der Waals surface area contributed by atoms with E-state index in [9.17, 15) is 0 Å². The molecule has 0 fully saturated rings. The van der Waals surface area contributed by atoms with E-state index >= 15 is 0 Å². The molecule has 7 heteroatoms. The van der Waals surface area contributed by atoms with Crippen molar-refractivity contribution in [3.8, 4) is 17.2 Å². The minimum Gasteiger partial charge on any atom is -0.493 e. The zero-order valence-corrected chi connectivity index (χ0v) is 26.9. The lowest BCUT2D eigenvalue weighted by atomic mass is 9.75. The number of halogens is 1. The number of ether oxygens (including phenoxy) is 4. The van der Waals surface area contributed by atoms with Crippen molar-refractivity contribution in [2.75, 3.05) is 27.4 Å². The summed E-state index contributed by atoms with van der Waals surface area (Å²) in [7, 11) is 3.39.